The summed E-state index contributed by atoms with van der Waals surface area (Å²) in [5, 5.41) is 12.9. The number of carbonyl (C=O) groups is 1. The Morgan fingerprint density at radius 1 is 1.31 bits per heavy atom. The summed E-state index contributed by atoms with van der Waals surface area (Å²) in [5.74, 6) is -0.560. The molecule has 0 aliphatic carbocycles. The maximum Gasteiger partial charge on any atom is 0.407 e. The molecule has 1 aromatic carbocycles. The monoisotopic (exact) mass is 469 g/mol. The summed E-state index contributed by atoms with van der Waals surface area (Å²) < 4.78 is 42.7. The van der Waals surface area contributed by atoms with E-state index in [1.165, 1.54) is 7.11 Å². The molecule has 5 atom stereocenters. The molecule has 0 radical (unpaired) electrons. The Hall–Kier alpha value is -1.94. The van der Waals surface area contributed by atoms with E-state index in [-0.39, 0.29) is 23.6 Å². The lowest BCUT2D eigenvalue weighted by atomic mass is 9.94. The predicted octanol–water partition coefficient (Wildman–Crippen LogP) is 2.71. The number of ether oxygens (including phenoxy) is 3. The van der Waals surface area contributed by atoms with Gasteiger partial charge in [0.25, 0.3) is 0 Å². The van der Waals surface area contributed by atoms with E-state index in [1.807, 2.05) is 6.92 Å². The van der Waals surface area contributed by atoms with Gasteiger partial charge in [-0.15, -0.1) is 6.58 Å². The van der Waals surface area contributed by atoms with E-state index in [1.54, 1.807) is 36.4 Å². The summed E-state index contributed by atoms with van der Waals surface area (Å²) in [6.07, 6.45) is 1.10. The van der Waals surface area contributed by atoms with Gasteiger partial charge in [-0.2, -0.15) is 0 Å². The van der Waals surface area contributed by atoms with Crippen molar-refractivity contribution in [3.63, 3.8) is 0 Å². The van der Waals surface area contributed by atoms with Crippen molar-refractivity contribution in [3.8, 4) is 0 Å². The number of benzene rings is 1. The van der Waals surface area contributed by atoms with Crippen LogP contribution in [0.5, 0.6) is 0 Å². The van der Waals surface area contributed by atoms with Crippen LogP contribution < -0.4 is 5.32 Å². The second kappa shape index (κ2) is 12.9. The van der Waals surface area contributed by atoms with Crippen LogP contribution in [-0.2, 0) is 24.0 Å². The summed E-state index contributed by atoms with van der Waals surface area (Å²) in [6.45, 7) is 6.08. The molecule has 1 aromatic rings. The first-order valence-electron chi connectivity index (χ1n) is 11.0. The molecule has 1 aliphatic rings. The van der Waals surface area contributed by atoms with E-state index in [4.69, 9.17) is 14.2 Å². The van der Waals surface area contributed by atoms with Crippen molar-refractivity contribution < 1.29 is 32.5 Å². The highest BCUT2D eigenvalue weighted by Crippen LogP contribution is 2.35. The number of rotatable bonds is 13. The summed E-state index contributed by atoms with van der Waals surface area (Å²) in [7, 11) is -2.04. The van der Waals surface area contributed by atoms with E-state index in [0.29, 0.717) is 13.0 Å². The molecule has 2 N–H and O–H groups in total. The molecule has 2 rings (SSSR count). The topological polar surface area (TPSA) is 111 Å². The van der Waals surface area contributed by atoms with Crippen molar-refractivity contribution in [1.29, 1.82) is 0 Å². The predicted molar refractivity (Wildman–Crippen MR) is 121 cm³/mol. The zero-order valence-corrected chi connectivity index (χ0v) is 19.6. The van der Waals surface area contributed by atoms with Crippen molar-refractivity contribution in [2.45, 2.75) is 61.9 Å². The number of nitrogens with one attached hydrogen (secondary N) is 1. The Labute approximate surface area is 190 Å². The molecule has 0 aromatic heterocycles. The number of alkyl carbamates (subject to hydrolysis) is 1. The average molecular weight is 470 g/mol. The van der Waals surface area contributed by atoms with Gasteiger partial charge in [0, 0.05) is 26.0 Å². The van der Waals surface area contributed by atoms with Crippen molar-refractivity contribution in [2.24, 2.45) is 5.92 Å². The third-order valence-corrected chi connectivity index (χ3v) is 7.33. The third-order valence-electron chi connectivity index (χ3n) is 5.52. The zero-order chi connectivity index (χ0) is 23.6. The minimum atomic E-state index is -3.55. The van der Waals surface area contributed by atoms with Gasteiger partial charge in [0.15, 0.2) is 9.84 Å². The van der Waals surface area contributed by atoms with Gasteiger partial charge in [-0.05, 0) is 25.0 Å². The number of unbranched alkanes of at least 4 members (excludes halogenated alkanes) is 1. The summed E-state index contributed by atoms with van der Waals surface area (Å²) in [5.41, 5.74) is 0. The first-order chi connectivity index (χ1) is 15.3. The fourth-order valence-electron chi connectivity index (χ4n) is 3.89. The number of sulfone groups is 1. The van der Waals surface area contributed by atoms with Crippen LogP contribution in [0.4, 0.5) is 4.79 Å². The quantitative estimate of drug-likeness (QED) is 0.337. The number of amides is 1. The van der Waals surface area contributed by atoms with Crippen LogP contribution in [0.3, 0.4) is 0 Å². The highest BCUT2D eigenvalue weighted by Gasteiger charge is 2.46. The fraction of sp³-hybridized carbons (Fsp3) is 0.609. The Kier molecular flexibility index (Phi) is 10.6. The van der Waals surface area contributed by atoms with Gasteiger partial charge in [0.1, 0.15) is 0 Å². The normalized spacial score (nSPS) is 24.1. The fourth-order valence-corrected chi connectivity index (χ4v) is 5.57. The van der Waals surface area contributed by atoms with Crippen LogP contribution >= 0.6 is 0 Å². The molecule has 1 fully saturated rings. The molecule has 9 heteroatoms. The van der Waals surface area contributed by atoms with E-state index < -0.39 is 46.3 Å². The van der Waals surface area contributed by atoms with Crippen LogP contribution in [0.2, 0.25) is 0 Å². The summed E-state index contributed by atoms with van der Waals surface area (Å²) in [4.78, 5) is 11.9. The number of aliphatic hydroxyl groups is 1. The molecule has 1 heterocycles. The van der Waals surface area contributed by atoms with E-state index in [0.717, 1.165) is 12.8 Å². The Bertz CT molecular complexity index is 815. The SMILES string of the molecule is C=CC[C@@H]1O[C@H](C[C@H](O)CNC(=O)OCCCC)[C@H](OC)[C@H]1CS(=O)(=O)c1ccccc1. The summed E-state index contributed by atoms with van der Waals surface area (Å²) in [6, 6.07) is 8.28. The highest BCUT2D eigenvalue weighted by atomic mass is 32.2. The van der Waals surface area contributed by atoms with Crippen LogP contribution in [0.15, 0.2) is 47.9 Å². The van der Waals surface area contributed by atoms with Crippen molar-refractivity contribution in [1.82, 2.24) is 5.32 Å². The molecule has 0 bridgehead atoms. The van der Waals surface area contributed by atoms with Gasteiger partial charge in [0.05, 0.1) is 41.7 Å². The molecule has 1 aliphatic heterocycles. The Balaban J connectivity index is 2.02. The van der Waals surface area contributed by atoms with Gasteiger partial charge in [-0.25, -0.2) is 13.2 Å². The second-order valence-corrected chi connectivity index (χ2v) is 9.99. The smallest absolute Gasteiger partial charge is 0.407 e. The number of hydrogen-bond donors (Lipinski definition) is 2. The number of aliphatic hydroxyl groups excluding tert-OH is 1. The van der Waals surface area contributed by atoms with Crippen LogP contribution in [0.25, 0.3) is 0 Å². The maximum atomic E-state index is 13.0. The second-order valence-electron chi connectivity index (χ2n) is 7.96. The zero-order valence-electron chi connectivity index (χ0n) is 18.8. The van der Waals surface area contributed by atoms with Gasteiger partial charge < -0.3 is 24.6 Å². The van der Waals surface area contributed by atoms with Crippen LogP contribution in [0.1, 0.15) is 32.6 Å². The van der Waals surface area contributed by atoms with E-state index in [2.05, 4.69) is 11.9 Å². The lowest BCUT2D eigenvalue weighted by Crippen LogP contribution is -2.39. The minimum absolute atomic E-state index is 0.000355. The molecule has 0 saturated carbocycles. The molecular weight excluding hydrogens is 434 g/mol. The molecule has 8 nitrogen and oxygen atoms in total. The molecule has 32 heavy (non-hydrogen) atoms. The lowest BCUT2D eigenvalue weighted by Gasteiger charge is -2.24. The van der Waals surface area contributed by atoms with Gasteiger partial charge in [-0.1, -0.05) is 37.6 Å². The van der Waals surface area contributed by atoms with E-state index in [9.17, 15) is 18.3 Å². The maximum absolute atomic E-state index is 13.0. The lowest BCUT2D eigenvalue weighted by molar-refractivity contribution is -0.0305. The van der Waals surface area contributed by atoms with Crippen LogP contribution in [-0.4, -0.2) is 70.0 Å². The van der Waals surface area contributed by atoms with Gasteiger partial charge >= 0.3 is 6.09 Å². The van der Waals surface area contributed by atoms with Crippen molar-refractivity contribution in [3.05, 3.63) is 43.0 Å². The number of methoxy groups -OCH3 is 1. The third kappa shape index (κ3) is 7.58. The van der Waals surface area contributed by atoms with Crippen molar-refractivity contribution in [2.75, 3.05) is 26.0 Å². The molecule has 1 saturated heterocycles. The van der Waals surface area contributed by atoms with Gasteiger partial charge in [0.2, 0.25) is 0 Å². The minimum Gasteiger partial charge on any atom is -0.450 e. The number of hydrogen-bond acceptors (Lipinski definition) is 7. The molecule has 1 amide bonds. The molecule has 180 valence electrons. The average Bonchev–Trinajstić information content (AvgIpc) is 3.08. The first-order valence-corrected chi connectivity index (χ1v) is 12.6. The first kappa shape index (κ1) is 26.3. The summed E-state index contributed by atoms with van der Waals surface area (Å²) >= 11 is 0. The standard InChI is InChI=1S/C23H35NO7S/c1-4-6-13-30-23(26)24-15-17(25)14-21-22(29-3)19(20(31-21)10-5-2)16-32(27,28)18-11-8-7-9-12-18/h5,7-9,11-12,17,19-22,25H,2,4,6,10,13-16H2,1,3H3,(H,24,26)/t17-,19-,20-,21+,22+/m0/s1. The highest BCUT2D eigenvalue weighted by molar-refractivity contribution is 7.91. The van der Waals surface area contributed by atoms with Crippen molar-refractivity contribution >= 4 is 15.9 Å². The van der Waals surface area contributed by atoms with E-state index >= 15 is 0 Å². The molecule has 0 unspecified atom stereocenters. The number of carbonyl (C=O) groups excluding carboxylic acids is 1. The largest absolute Gasteiger partial charge is 0.450 e. The Morgan fingerprint density at radius 2 is 2.03 bits per heavy atom. The molecule has 0 spiro atoms. The van der Waals surface area contributed by atoms with Gasteiger partial charge in [-0.3, -0.25) is 0 Å². The molecular formula is C23H35NO7S. The van der Waals surface area contributed by atoms with Crippen LogP contribution in [0, 0.1) is 5.92 Å². The Morgan fingerprint density at radius 3 is 2.66 bits per heavy atom.